The van der Waals surface area contributed by atoms with Crippen LogP contribution >= 0.6 is 0 Å². The van der Waals surface area contributed by atoms with Crippen molar-refractivity contribution in [3.8, 4) is 5.75 Å². The van der Waals surface area contributed by atoms with Gasteiger partial charge >= 0.3 is 0 Å². The molecule has 1 aliphatic heterocycles. The highest BCUT2D eigenvalue weighted by molar-refractivity contribution is 7.89. The molecule has 6 nitrogen and oxygen atoms in total. The summed E-state index contributed by atoms with van der Waals surface area (Å²) in [6.45, 7) is 7.61. The van der Waals surface area contributed by atoms with Gasteiger partial charge in [-0.05, 0) is 32.0 Å². The standard InChI is InChI=1S/C14H20N2O4S/c1-5-15-21(18,19)11-6-7-13-12(8-11)16(10(2)17)9-14(3,4)20-13/h6-8,15H,5,9H2,1-4H3. The van der Waals surface area contributed by atoms with Crippen molar-refractivity contribution in [3.63, 3.8) is 0 Å². The van der Waals surface area contributed by atoms with Crippen LogP contribution in [0.3, 0.4) is 0 Å². The molecular weight excluding hydrogens is 292 g/mol. The molecular formula is C14H20N2O4S. The van der Waals surface area contributed by atoms with Crippen molar-refractivity contribution >= 4 is 21.6 Å². The van der Waals surface area contributed by atoms with Gasteiger partial charge in [0.15, 0.2) is 0 Å². The third-order valence-electron chi connectivity index (χ3n) is 3.17. The number of nitrogens with one attached hydrogen (secondary N) is 1. The number of carbonyl (C=O) groups excluding carboxylic acids is 1. The Morgan fingerprint density at radius 2 is 2.10 bits per heavy atom. The highest BCUT2D eigenvalue weighted by atomic mass is 32.2. The third-order valence-corrected chi connectivity index (χ3v) is 4.71. The number of hydrogen-bond acceptors (Lipinski definition) is 4. The Hall–Kier alpha value is -1.60. The van der Waals surface area contributed by atoms with E-state index in [1.54, 1.807) is 17.9 Å². The van der Waals surface area contributed by atoms with Crippen LogP contribution in [-0.2, 0) is 14.8 Å². The maximum Gasteiger partial charge on any atom is 0.240 e. The molecule has 0 atom stereocenters. The Labute approximate surface area is 125 Å². The summed E-state index contributed by atoms with van der Waals surface area (Å²) in [6, 6.07) is 4.55. The van der Waals surface area contributed by atoms with E-state index < -0.39 is 15.6 Å². The normalized spacial score (nSPS) is 17.0. The fourth-order valence-corrected chi connectivity index (χ4v) is 3.37. The van der Waals surface area contributed by atoms with E-state index in [2.05, 4.69) is 4.72 Å². The van der Waals surface area contributed by atoms with E-state index in [1.807, 2.05) is 13.8 Å². The number of hydrogen-bond donors (Lipinski definition) is 1. The van der Waals surface area contributed by atoms with Gasteiger partial charge in [-0.2, -0.15) is 0 Å². The molecule has 2 rings (SSSR count). The number of sulfonamides is 1. The van der Waals surface area contributed by atoms with Gasteiger partial charge in [-0.3, -0.25) is 4.79 Å². The lowest BCUT2D eigenvalue weighted by molar-refractivity contribution is -0.117. The zero-order valence-corrected chi connectivity index (χ0v) is 13.5. The van der Waals surface area contributed by atoms with Crippen LogP contribution in [-0.4, -0.2) is 33.0 Å². The minimum atomic E-state index is -3.57. The first-order chi connectivity index (χ1) is 9.66. The maximum absolute atomic E-state index is 12.1. The number of benzene rings is 1. The average Bonchev–Trinajstić information content (AvgIpc) is 2.35. The minimum absolute atomic E-state index is 0.123. The number of fused-ring (bicyclic) bond motifs is 1. The van der Waals surface area contributed by atoms with Gasteiger partial charge in [0.2, 0.25) is 15.9 Å². The molecule has 0 aromatic heterocycles. The molecule has 0 fully saturated rings. The number of ether oxygens (including phenoxy) is 1. The van der Waals surface area contributed by atoms with E-state index in [1.165, 1.54) is 19.1 Å². The second-order valence-electron chi connectivity index (χ2n) is 5.60. The Kier molecular flexibility index (Phi) is 3.99. The number of nitrogens with zero attached hydrogens (tertiary/aromatic N) is 1. The number of carbonyl (C=O) groups is 1. The fraction of sp³-hybridized carbons (Fsp3) is 0.500. The molecule has 0 unspecified atom stereocenters. The predicted octanol–water partition coefficient (Wildman–Crippen LogP) is 1.51. The highest BCUT2D eigenvalue weighted by Crippen LogP contribution is 2.38. The summed E-state index contributed by atoms with van der Waals surface area (Å²) in [5.41, 5.74) is -0.0263. The molecule has 1 aromatic rings. The quantitative estimate of drug-likeness (QED) is 0.918. The Morgan fingerprint density at radius 1 is 1.43 bits per heavy atom. The lowest BCUT2D eigenvalue weighted by Gasteiger charge is -2.39. The number of rotatable bonds is 3. The van der Waals surface area contributed by atoms with Gasteiger partial charge < -0.3 is 9.64 Å². The molecule has 0 bridgehead atoms. The summed E-state index contributed by atoms with van der Waals surface area (Å²) in [6.07, 6.45) is 0. The van der Waals surface area contributed by atoms with Gasteiger partial charge in [0.05, 0.1) is 17.1 Å². The zero-order chi connectivity index (χ0) is 15.8. The monoisotopic (exact) mass is 312 g/mol. The van der Waals surface area contributed by atoms with E-state index in [-0.39, 0.29) is 10.8 Å². The summed E-state index contributed by atoms with van der Waals surface area (Å²) < 4.78 is 32.4. The largest absolute Gasteiger partial charge is 0.484 e. The lowest BCUT2D eigenvalue weighted by atomic mass is 10.1. The Bertz CT molecular complexity index is 668. The van der Waals surface area contributed by atoms with Crippen molar-refractivity contribution in [2.45, 2.75) is 38.2 Å². The molecule has 0 aliphatic carbocycles. The second-order valence-corrected chi connectivity index (χ2v) is 7.36. The summed E-state index contributed by atoms with van der Waals surface area (Å²) in [5, 5.41) is 0. The van der Waals surface area contributed by atoms with Crippen LogP contribution in [0.2, 0.25) is 0 Å². The molecule has 0 saturated heterocycles. The van der Waals surface area contributed by atoms with Crippen molar-refractivity contribution in [2.24, 2.45) is 0 Å². The lowest BCUT2D eigenvalue weighted by Crippen LogP contribution is -2.48. The molecule has 21 heavy (non-hydrogen) atoms. The SMILES string of the molecule is CCNS(=O)(=O)c1ccc2c(c1)N(C(C)=O)CC(C)(C)O2. The molecule has 1 N–H and O–H groups in total. The molecule has 7 heteroatoms. The molecule has 0 radical (unpaired) electrons. The second kappa shape index (κ2) is 5.31. The number of amides is 1. The van der Waals surface area contributed by atoms with Gasteiger partial charge in [0.1, 0.15) is 11.4 Å². The highest BCUT2D eigenvalue weighted by Gasteiger charge is 2.34. The van der Waals surface area contributed by atoms with Gasteiger partial charge in [-0.15, -0.1) is 0 Å². The van der Waals surface area contributed by atoms with E-state index in [0.717, 1.165) is 0 Å². The van der Waals surface area contributed by atoms with Crippen LogP contribution in [0.5, 0.6) is 5.75 Å². The molecule has 1 aromatic carbocycles. The smallest absolute Gasteiger partial charge is 0.240 e. The Morgan fingerprint density at radius 3 is 2.67 bits per heavy atom. The fourth-order valence-electron chi connectivity index (χ4n) is 2.31. The van der Waals surface area contributed by atoms with Gasteiger partial charge in [0.25, 0.3) is 0 Å². The molecule has 0 saturated carbocycles. The van der Waals surface area contributed by atoms with Crippen molar-refractivity contribution in [3.05, 3.63) is 18.2 Å². The predicted molar refractivity (Wildman–Crippen MR) is 80.0 cm³/mol. The van der Waals surface area contributed by atoms with E-state index >= 15 is 0 Å². The van der Waals surface area contributed by atoms with Crippen LogP contribution in [0.25, 0.3) is 0 Å². The van der Waals surface area contributed by atoms with E-state index in [9.17, 15) is 13.2 Å². The first kappa shape index (κ1) is 15.8. The molecule has 1 aliphatic rings. The van der Waals surface area contributed by atoms with Crippen molar-refractivity contribution < 1.29 is 17.9 Å². The summed E-state index contributed by atoms with van der Waals surface area (Å²) >= 11 is 0. The molecule has 116 valence electrons. The third kappa shape index (κ3) is 3.19. The van der Waals surface area contributed by atoms with Crippen LogP contribution in [0.4, 0.5) is 5.69 Å². The van der Waals surface area contributed by atoms with Gasteiger partial charge in [-0.1, -0.05) is 6.92 Å². The van der Waals surface area contributed by atoms with Crippen molar-refractivity contribution in [2.75, 3.05) is 18.0 Å². The topological polar surface area (TPSA) is 75.7 Å². The first-order valence-electron chi connectivity index (χ1n) is 6.77. The van der Waals surface area contributed by atoms with Crippen molar-refractivity contribution in [1.82, 2.24) is 4.72 Å². The number of anilines is 1. The van der Waals surface area contributed by atoms with Crippen LogP contribution < -0.4 is 14.4 Å². The van der Waals surface area contributed by atoms with Crippen molar-refractivity contribution in [1.29, 1.82) is 0 Å². The minimum Gasteiger partial charge on any atom is -0.484 e. The van der Waals surface area contributed by atoms with E-state index in [4.69, 9.17) is 4.74 Å². The molecule has 1 amide bonds. The summed E-state index contributed by atoms with van der Waals surface area (Å²) in [7, 11) is -3.57. The van der Waals surface area contributed by atoms with Gasteiger partial charge in [-0.25, -0.2) is 13.1 Å². The van der Waals surface area contributed by atoms with Gasteiger partial charge in [0, 0.05) is 13.5 Å². The van der Waals surface area contributed by atoms with Crippen LogP contribution in [0.1, 0.15) is 27.7 Å². The maximum atomic E-state index is 12.1. The summed E-state index contributed by atoms with van der Waals surface area (Å²) in [4.78, 5) is 13.5. The zero-order valence-electron chi connectivity index (χ0n) is 12.6. The molecule has 0 spiro atoms. The molecule has 1 heterocycles. The first-order valence-corrected chi connectivity index (χ1v) is 8.25. The summed E-state index contributed by atoms with van der Waals surface area (Å²) in [5.74, 6) is 0.363. The van der Waals surface area contributed by atoms with Crippen LogP contribution in [0, 0.1) is 0 Å². The van der Waals surface area contributed by atoms with E-state index in [0.29, 0.717) is 24.5 Å². The average molecular weight is 312 g/mol. The Balaban J connectivity index is 2.53. The van der Waals surface area contributed by atoms with Crippen LogP contribution in [0.15, 0.2) is 23.1 Å².